The standard InChI is InChI=1S/C14H23N3OS/c1-10-11(6-5-9-19-10)16-13-12(17(2)3)7-8-15-14(13)18-4/h7-8,10-11,16H,5-6,9H2,1-4H3. The number of ether oxygens (including phenoxy) is 1. The third-order valence-corrected chi connectivity index (χ3v) is 4.88. The Morgan fingerprint density at radius 3 is 2.89 bits per heavy atom. The van der Waals surface area contributed by atoms with Crippen molar-refractivity contribution in [1.29, 1.82) is 0 Å². The first kappa shape index (κ1) is 14.3. The predicted octanol–water partition coefficient (Wildman–Crippen LogP) is 2.85. The molecule has 2 rings (SSSR count). The topological polar surface area (TPSA) is 37.4 Å². The van der Waals surface area contributed by atoms with Crippen molar-refractivity contribution in [2.24, 2.45) is 0 Å². The fourth-order valence-corrected chi connectivity index (χ4v) is 3.54. The van der Waals surface area contributed by atoms with Crippen molar-refractivity contribution in [2.45, 2.75) is 31.1 Å². The van der Waals surface area contributed by atoms with Crippen molar-refractivity contribution in [3.8, 4) is 5.88 Å². The highest BCUT2D eigenvalue weighted by atomic mass is 32.2. The molecule has 0 amide bonds. The summed E-state index contributed by atoms with van der Waals surface area (Å²) >= 11 is 2.04. The first-order chi connectivity index (χ1) is 9.13. The Labute approximate surface area is 119 Å². The Balaban J connectivity index is 2.26. The molecule has 4 nitrogen and oxygen atoms in total. The third-order valence-electron chi connectivity index (χ3n) is 3.51. The lowest BCUT2D eigenvalue weighted by Gasteiger charge is -2.31. The van der Waals surface area contributed by atoms with Gasteiger partial charge in [0.25, 0.3) is 0 Å². The molecule has 1 N–H and O–H groups in total. The maximum atomic E-state index is 5.41. The molecule has 0 aliphatic carbocycles. The SMILES string of the molecule is COc1nccc(N(C)C)c1NC1CCCSC1C. The Kier molecular flexibility index (Phi) is 4.80. The van der Waals surface area contributed by atoms with Crippen molar-refractivity contribution in [3.05, 3.63) is 12.3 Å². The summed E-state index contributed by atoms with van der Waals surface area (Å²) in [6.07, 6.45) is 4.27. The van der Waals surface area contributed by atoms with Crippen LogP contribution in [0.5, 0.6) is 5.88 Å². The van der Waals surface area contributed by atoms with E-state index in [0.717, 1.165) is 11.4 Å². The highest BCUT2D eigenvalue weighted by Gasteiger charge is 2.24. The molecule has 1 saturated heterocycles. The molecule has 19 heavy (non-hydrogen) atoms. The van der Waals surface area contributed by atoms with Gasteiger partial charge < -0.3 is 15.0 Å². The van der Waals surface area contributed by atoms with E-state index in [2.05, 4.69) is 22.1 Å². The van der Waals surface area contributed by atoms with Crippen LogP contribution in [-0.2, 0) is 0 Å². The Hall–Kier alpha value is -1.10. The number of rotatable bonds is 4. The lowest BCUT2D eigenvalue weighted by Crippen LogP contribution is -2.33. The summed E-state index contributed by atoms with van der Waals surface area (Å²) in [6.45, 7) is 2.29. The molecule has 2 unspecified atom stereocenters. The number of thioether (sulfide) groups is 1. The fourth-order valence-electron chi connectivity index (χ4n) is 2.39. The van der Waals surface area contributed by atoms with Crippen molar-refractivity contribution in [1.82, 2.24) is 4.98 Å². The first-order valence-electron chi connectivity index (χ1n) is 6.72. The summed E-state index contributed by atoms with van der Waals surface area (Å²) in [5.74, 6) is 1.94. The molecule has 2 atom stereocenters. The number of aromatic nitrogens is 1. The molecule has 1 fully saturated rings. The molecule has 0 radical (unpaired) electrons. The Bertz CT molecular complexity index is 425. The molecule has 0 bridgehead atoms. The minimum atomic E-state index is 0.482. The molecule has 0 spiro atoms. The summed E-state index contributed by atoms with van der Waals surface area (Å²) in [5.41, 5.74) is 2.13. The molecule has 5 heteroatoms. The smallest absolute Gasteiger partial charge is 0.239 e. The van der Waals surface area contributed by atoms with Gasteiger partial charge in [0.1, 0.15) is 5.69 Å². The number of hydrogen-bond acceptors (Lipinski definition) is 5. The molecule has 106 valence electrons. The normalized spacial score (nSPS) is 22.9. The van der Waals surface area contributed by atoms with Gasteiger partial charge in [0, 0.05) is 31.6 Å². The highest BCUT2D eigenvalue weighted by molar-refractivity contribution is 8.00. The molecule has 1 aliphatic heterocycles. The fraction of sp³-hybridized carbons (Fsp3) is 0.643. The van der Waals surface area contributed by atoms with Crippen LogP contribution in [0.2, 0.25) is 0 Å². The number of anilines is 2. The predicted molar refractivity (Wildman–Crippen MR) is 83.7 cm³/mol. The molecule has 1 aliphatic rings. The number of methoxy groups -OCH3 is 1. The molecule has 1 aromatic rings. The second kappa shape index (κ2) is 6.37. The minimum Gasteiger partial charge on any atom is -0.479 e. The summed E-state index contributed by atoms with van der Waals surface area (Å²) in [7, 11) is 5.75. The number of hydrogen-bond donors (Lipinski definition) is 1. The van der Waals surface area contributed by atoms with E-state index in [1.807, 2.05) is 31.9 Å². The lowest BCUT2D eigenvalue weighted by atomic mass is 10.1. The van der Waals surface area contributed by atoms with Crippen molar-refractivity contribution < 1.29 is 4.74 Å². The van der Waals surface area contributed by atoms with Crippen molar-refractivity contribution in [3.63, 3.8) is 0 Å². The van der Waals surface area contributed by atoms with Gasteiger partial charge in [0.2, 0.25) is 5.88 Å². The summed E-state index contributed by atoms with van der Waals surface area (Å²) in [6, 6.07) is 2.50. The average molecular weight is 281 g/mol. The zero-order valence-corrected chi connectivity index (χ0v) is 13.0. The van der Waals surface area contributed by atoms with Gasteiger partial charge in [0.15, 0.2) is 0 Å². The monoisotopic (exact) mass is 281 g/mol. The molecule has 0 aromatic carbocycles. The van der Waals surface area contributed by atoms with Crippen molar-refractivity contribution in [2.75, 3.05) is 37.2 Å². The van der Waals surface area contributed by atoms with Gasteiger partial charge in [-0.1, -0.05) is 6.92 Å². The van der Waals surface area contributed by atoms with E-state index in [0.29, 0.717) is 17.2 Å². The third kappa shape index (κ3) is 3.26. The van der Waals surface area contributed by atoms with Crippen LogP contribution < -0.4 is 15.0 Å². The summed E-state index contributed by atoms with van der Waals surface area (Å²) in [5, 5.41) is 4.27. The molecule has 0 saturated carbocycles. The molecular weight excluding hydrogens is 258 g/mol. The van der Waals surface area contributed by atoms with E-state index < -0.39 is 0 Å². The molecule has 2 heterocycles. The Morgan fingerprint density at radius 2 is 2.26 bits per heavy atom. The van der Waals surface area contributed by atoms with Gasteiger partial charge in [-0.25, -0.2) is 4.98 Å². The maximum absolute atomic E-state index is 5.41. The second-order valence-corrected chi connectivity index (χ2v) is 6.56. The quantitative estimate of drug-likeness (QED) is 0.918. The number of pyridine rings is 1. The van der Waals surface area contributed by atoms with Gasteiger partial charge in [-0.3, -0.25) is 0 Å². The zero-order valence-electron chi connectivity index (χ0n) is 12.1. The van der Waals surface area contributed by atoms with Gasteiger partial charge in [0.05, 0.1) is 12.8 Å². The summed E-state index contributed by atoms with van der Waals surface area (Å²) in [4.78, 5) is 6.40. The Morgan fingerprint density at radius 1 is 1.47 bits per heavy atom. The maximum Gasteiger partial charge on any atom is 0.239 e. The van der Waals surface area contributed by atoms with Gasteiger partial charge in [-0.05, 0) is 24.7 Å². The lowest BCUT2D eigenvalue weighted by molar-refractivity contribution is 0.399. The first-order valence-corrected chi connectivity index (χ1v) is 7.76. The van der Waals surface area contributed by atoms with Crippen LogP contribution in [0.1, 0.15) is 19.8 Å². The van der Waals surface area contributed by atoms with Crippen LogP contribution in [0.3, 0.4) is 0 Å². The van der Waals surface area contributed by atoms with Gasteiger partial charge in [-0.2, -0.15) is 11.8 Å². The van der Waals surface area contributed by atoms with Crippen LogP contribution in [0.15, 0.2) is 12.3 Å². The van der Waals surface area contributed by atoms with Gasteiger partial charge >= 0.3 is 0 Å². The number of nitrogens with one attached hydrogen (secondary N) is 1. The number of nitrogens with zero attached hydrogens (tertiary/aromatic N) is 2. The van der Waals surface area contributed by atoms with Crippen LogP contribution in [0.25, 0.3) is 0 Å². The van der Waals surface area contributed by atoms with E-state index >= 15 is 0 Å². The molecular formula is C14H23N3OS. The van der Waals surface area contributed by atoms with Gasteiger partial charge in [-0.15, -0.1) is 0 Å². The van der Waals surface area contributed by atoms with Crippen LogP contribution in [-0.4, -0.2) is 43.2 Å². The average Bonchev–Trinajstić information content (AvgIpc) is 2.41. The van der Waals surface area contributed by atoms with Crippen molar-refractivity contribution >= 4 is 23.1 Å². The van der Waals surface area contributed by atoms with Crippen LogP contribution in [0, 0.1) is 0 Å². The minimum absolute atomic E-state index is 0.482. The zero-order chi connectivity index (χ0) is 13.8. The molecule has 1 aromatic heterocycles. The summed E-state index contributed by atoms with van der Waals surface area (Å²) < 4.78 is 5.41. The van der Waals surface area contributed by atoms with E-state index in [4.69, 9.17) is 4.74 Å². The van der Waals surface area contributed by atoms with Crippen LogP contribution in [0.4, 0.5) is 11.4 Å². The van der Waals surface area contributed by atoms with E-state index in [1.165, 1.54) is 18.6 Å². The van der Waals surface area contributed by atoms with E-state index in [1.54, 1.807) is 13.3 Å². The second-order valence-electron chi connectivity index (χ2n) is 5.08. The van der Waals surface area contributed by atoms with E-state index in [9.17, 15) is 0 Å². The highest BCUT2D eigenvalue weighted by Crippen LogP contribution is 2.35. The van der Waals surface area contributed by atoms with Crippen LogP contribution >= 0.6 is 11.8 Å². The van der Waals surface area contributed by atoms with E-state index in [-0.39, 0.29) is 0 Å². The largest absolute Gasteiger partial charge is 0.479 e.